The zero-order valence-electron chi connectivity index (χ0n) is 10.7. The van der Waals surface area contributed by atoms with Crippen molar-refractivity contribution in [1.82, 2.24) is 5.32 Å². The van der Waals surface area contributed by atoms with E-state index in [1.165, 1.54) is 5.57 Å². The standard InChI is InChI=1S/C13H23NSi/c1-13(2)11-14-9-8-12(13)7-6-10-15(3,4)5/h7,14H,8-9,11H2,1-5H3/b12-7+. The average Bonchev–Trinajstić information content (AvgIpc) is 2.05. The minimum atomic E-state index is -1.21. The molecule has 1 rings (SSSR count). The van der Waals surface area contributed by atoms with Crippen LogP contribution in [0.3, 0.4) is 0 Å². The first-order valence-corrected chi connectivity index (χ1v) is 9.24. The fourth-order valence-corrected chi connectivity index (χ4v) is 2.19. The predicted molar refractivity (Wildman–Crippen MR) is 70.5 cm³/mol. The van der Waals surface area contributed by atoms with Crippen molar-refractivity contribution >= 4 is 8.07 Å². The maximum atomic E-state index is 3.43. The first-order chi connectivity index (χ1) is 6.81. The van der Waals surface area contributed by atoms with Gasteiger partial charge in [-0.1, -0.05) is 45.0 Å². The molecule has 0 aromatic carbocycles. The summed E-state index contributed by atoms with van der Waals surface area (Å²) in [6, 6.07) is 0. The lowest BCUT2D eigenvalue weighted by molar-refractivity contribution is 0.357. The van der Waals surface area contributed by atoms with Gasteiger partial charge in [0.15, 0.2) is 0 Å². The van der Waals surface area contributed by atoms with Crippen molar-refractivity contribution in [3.63, 3.8) is 0 Å². The molecule has 0 spiro atoms. The Labute approximate surface area is 95.4 Å². The summed E-state index contributed by atoms with van der Waals surface area (Å²) in [6.45, 7) is 13.6. The summed E-state index contributed by atoms with van der Waals surface area (Å²) in [7, 11) is -1.21. The lowest BCUT2D eigenvalue weighted by Crippen LogP contribution is -2.37. The molecule has 1 saturated heterocycles. The molecule has 15 heavy (non-hydrogen) atoms. The summed E-state index contributed by atoms with van der Waals surface area (Å²) in [4.78, 5) is 0. The molecule has 1 aliphatic heterocycles. The fourth-order valence-electron chi connectivity index (χ4n) is 1.68. The quantitative estimate of drug-likeness (QED) is 0.490. The van der Waals surface area contributed by atoms with Gasteiger partial charge in [-0.05, 0) is 24.5 Å². The minimum absolute atomic E-state index is 0.284. The molecule has 0 atom stereocenters. The maximum absolute atomic E-state index is 3.43. The zero-order valence-corrected chi connectivity index (χ0v) is 11.7. The second-order valence-corrected chi connectivity index (χ2v) is 10.7. The van der Waals surface area contributed by atoms with Crippen molar-refractivity contribution in [3.05, 3.63) is 11.6 Å². The average molecular weight is 221 g/mol. The molecule has 0 aliphatic carbocycles. The highest BCUT2D eigenvalue weighted by Crippen LogP contribution is 2.30. The van der Waals surface area contributed by atoms with Crippen molar-refractivity contribution in [3.8, 4) is 11.5 Å². The number of piperidine rings is 1. The summed E-state index contributed by atoms with van der Waals surface area (Å²) in [5, 5.41) is 3.43. The molecule has 84 valence electrons. The molecule has 0 amide bonds. The van der Waals surface area contributed by atoms with Crippen molar-refractivity contribution in [2.75, 3.05) is 13.1 Å². The Morgan fingerprint density at radius 2 is 2.00 bits per heavy atom. The molecule has 1 N–H and O–H groups in total. The Hall–Kier alpha value is -0.523. The van der Waals surface area contributed by atoms with Crippen LogP contribution in [0, 0.1) is 16.9 Å². The molecule has 0 unspecified atom stereocenters. The van der Waals surface area contributed by atoms with E-state index in [1.54, 1.807) is 0 Å². The predicted octanol–water partition coefficient (Wildman–Crippen LogP) is 2.81. The third-order valence-electron chi connectivity index (χ3n) is 2.70. The lowest BCUT2D eigenvalue weighted by atomic mass is 9.80. The Kier molecular flexibility index (Phi) is 3.80. The topological polar surface area (TPSA) is 12.0 Å². The Bertz CT molecular complexity index is 310. The SMILES string of the molecule is CC1(C)CNCC/C1=C\C#C[Si](C)(C)C. The van der Waals surface area contributed by atoms with Gasteiger partial charge in [-0.2, -0.15) is 0 Å². The highest BCUT2D eigenvalue weighted by molar-refractivity contribution is 6.83. The number of hydrogen-bond donors (Lipinski definition) is 1. The van der Waals surface area contributed by atoms with Crippen molar-refractivity contribution in [2.24, 2.45) is 5.41 Å². The van der Waals surface area contributed by atoms with Crippen molar-refractivity contribution in [2.45, 2.75) is 39.9 Å². The van der Waals surface area contributed by atoms with Crippen LogP contribution in [-0.4, -0.2) is 21.2 Å². The van der Waals surface area contributed by atoms with Crippen LogP contribution in [0.2, 0.25) is 19.6 Å². The van der Waals surface area contributed by atoms with E-state index in [9.17, 15) is 0 Å². The van der Waals surface area contributed by atoms with Gasteiger partial charge in [-0.3, -0.25) is 0 Å². The minimum Gasteiger partial charge on any atom is -0.316 e. The smallest absolute Gasteiger partial charge is 0.129 e. The monoisotopic (exact) mass is 221 g/mol. The van der Waals surface area contributed by atoms with Crippen LogP contribution in [0.15, 0.2) is 11.6 Å². The molecule has 0 aromatic heterocycles. The van der Waals surface area contributed by atoms with Gasteiger partial charge in [0.25, 0.3) is 0 Å². The number of allylic oxidation sites excluding steroid dienone is 1. The van der Waals surface area contributed by atoms with Crippen molar-refractivity contribution < 1.29 is 0 Å². The second-order valence-electron chi connectivity index (χ2n) is 6.00. The Morgan fingerprint density at radius 3 is 2.53 bits per heavy atom. The van der Waals surface area contributed by atoms with Crippen LogP contribution in [0.4, 0.5) is 0 Å². The Morgan fingerprint density at radius 1 is 1.33 bits per heavy atom. The molecule has 1 nitrogen and oxygen atoms in total. The van der Waals surface area contributed by atoms with E-state index in [0.29, 0.717) is 0 Å². The lowest BCUT2D eigenvalue weighted by Gasteiger charge is -2.33. The van der Waals surface area contributed by atoms with E-state index in [2.05, 4.69) is 56.3 Å². The van der Waals surface area contributed by atoms with Gasteiger partial charge in [0.1, 0.15) is 8.07 Å². The van der Waals surface area contributed by atoms with Crippen molar-refractivity contribution in [1.29, 1.82) is 0 Å². The maximum Gasteiger partial charge on any atom is 0.129 e. The Balaban J connectivity index is 2.76. The van der Waals surface area contributed by atoms with Gasteiger partial charge in [0.2, 0.25) is 0 Å². The molecule has 0 bridgehead atoms. The molecule has 0 aromatic rings. The van der Waals surface area contributed by atoms with Crippen LogP contribution in [-0.2, 0) is 0 Å². The van der Waals surface area contributed by atoms with E-state index in [-0.39, 0.29) is 5.41 Å². The largest absolute Gasteiger partial charge is 0.316 e. The highest BCUT2D eigenvalue weighted by Gasteiger charge is 2.25. The third-order valence-corrected chi connectivity index (χ3v) is 3.60. The number of rotatable bonds is 0. The molecule has 1 aliphatic rings. The summed E-state index contributed by atoms with van der Waals surface area (Å²) in [5.74, 6) is 3.27. The summed E-state index contributed by atoms with van der Waals surface area (Å²) < 4.78 is 0. The number of hydrogen-bond acceptors (Lipinski definition) is 1. The second kappa shape index (κ2) is 4.55. The molecule has 1 heterocycles. The molecular weight excluding hydrogens is 198 g/mol. The first-order valence-electron chi connectivity index (χ1n) is 5.74. The van der Waals surface area contributed by atoms with Gasteiger partial charge in [0.05, 0.1) is 0 Å². The fraction of sp³-hybridized carbons (Fsp3) is 0.692. The van der Waals surface area contributed by atoms with E-state index < -0.39 is 8.07 Å². The summed E-state index contributed by atoms with van der Waals surface area (Å²) in [6.07, 6.45) is 3.31. The zero-order chi connectivity index (χ0) is 11.5. The molecule has 2 heteroatoms. The van der Waals surface area contributed by atoms with E-state index in [4.69, 9.17) is 0 Å². The van der Waals surface area contributed by atoms with Gasteiger partial charge in [-0.25, -0.2) is 0 Å². The van der Waals surface area contributed by atoms with Gasteiger partial charge < -0.3 is 5.32 Å². The van der Waals surface area contributed by atoms with Crippen LogP contribution in [0.1, 0.15) is 20.3 Å². The van der Waals surface area contributed by atoms with E-state index in [0.717, 1.165) is 19.5 Å². The van der Waals surface area contributed by atoms with Gasteiger partial charge in [-0.15, -0.1) is 5.54 Å². The van der Waals surface area contributed by atoms with Crippen LogP contribution in [0.25, 0.3) is 0 Å². The summed E-state index contributed by atoms with van der Waals surface area (Å²) >= 11 is 0. The first kappa shape index (κ1) is 12.5. The van der Waals surface area contributed by atoms with Gasteiger partial charge in [0, 0.05) is 6.54 Å². The highest BCUT2D eigenvalue weighted by atomic mass is 28.3. The number of nitrogens with one attached hydrogen (secondary N) is 1. The van der Waals surface area contributed by atoms with Gasteiger partial charge >= 0.3 is 0 Å². The summed E-state index contributed by atoms with van der Waals surface area (Å²) in [5.41, 5.74) is 5.19. The van der Waals surface area contributed by atoms with Crippen LogP contribution >= 0.6 is 0 Å². The molecule has 0 saturated carbocycles. The molecule has 1 fully saturated rings. The van der Waals surface area contributed by atoms with E-state index >= 15 is 0 Å². The molecule has 0 radical (unpaired) electrons. The molecular formula is C13H23NSi. The normalized spacial score (nSPS) is 23.4. The van der Waals surface area contributed by atoms with Crippen LogP contribution < -0.4 is 5.32 Å². The van der Waals surface area contributed by atoms with Crippen LogP contribution in [0.5, 0.6) is 0 Å². The van der Waals surface area contributed by atoms with E-state index in [1.807, 2.05) is 0 Å². The third kappa shape index (κ3) is 4.23.